The van der Waals surface area contributed by atoms with Crippen LogP contribution in [0.4, 0.5) is 0 Å². The number of carbonyl (C=O) groups excluding carboxylic acids is 3. The number of rotatable bonds is 11. The van der Waals surface area contributed by atoms with Gasteiger partial charge in [-0.1, -0.05) is 18.2 Å². The van der Waals surface area contributed by atoms with Gasteiger partial charge in [0.15, 0.2) is 0 Å². The van der Waals surface area contributed by atoms with E-state index in [0.717, 1.165) is 30.3 Å². The minimum absolute atomic E-state index is 0.114. The molecule has 2 aromatic carbocycles. The molecular formula is C23H27BN2O5. The number of hydrogen-bond acceptors (Lipinski definition) is 5. The summed E-state index contributed by atoms with van der Waals surface area (Å²) >= 11 is 0. The number of benzene rings is 2. The van der Waals surface area contributed by atoms with Gasteiger partial charge < -0.3 is 24.9 Å². The highest BCUT2D eigenvalue weighted by molar-refractivity contribution is 6.10. The Labute approximate surface area is 182 Å². The van der Waals surface area contributed by atoms with Crippen molar-refractivity contribution < 1.29 is 23.9 Å². The molecule has 1 aliphatic heterocycles. The van der Waals surface area contributed by atoms with Crippen molar-refractivity contribution in [1.29, 1.82) is 0 Å². The van der Waals surface area contributed by atoms with Gasteiger partial charge in [-0.2, -0.15) is 0 Å². The van der Waals surface area contributed by atoms with E-state index in [1.807, 2.05) is 50.3 Å². The van der Waals surface area contributed by atoms with Crippen molar-refractivity contribution in [2.45, 2.75) is 38.1 Å². The number of para-hydroxylation sites is 1. The van der Waals surface area contributed by atoms with Crippen molar-refractivity contribution in [1.82, 2.24) is 10.6 Å². The van der Waals surface area contributed by atoms with Gasteiger partial charge in [-0.25, -0.2) is 0 Å². The smallest absolute Gasteiger partial charge is 0.221 e. The number of hydrogen-bond donors (Lipinski definition) is 2. The molecule has 1 aliphatic rings. The van der Waals surface area contributed by atoms with Crippen LogP contribution in [0.2, 0.25) is 0 Å². The standard InChI is InChI=1S/C23H27BN2O5/c24-15-25-21(28)10-11-22(29)26-23-17-6-2-3-7-19(17)31-20-14-16(8-9-18(20)23)30-13-5-1-4-12-27/h2-3,6-9,12,14,23H,1,4-5,10-11,13,15,24H2,(H,25,28)(H,26,29). The molecule has 1 heterocycles. The maximum absolute atomic E-state index is 12.6. The van der Waals surface area contributed by atoms with E-state index in [9.17, 15) is 14.4 Å². The van der Waals surface area contributed by atoms with E-state index >= 15 is 0 Å². The summed E-state index contributed by atoms with van der Waals surface area (Å²) in [5.74, 6) is 1.63. The van der Waals surface area contributed by atoms with Crippen LogP contribution in [-0.2, 0) is 14.4 Å². The molecule has 2 amide bonds. The minimum atomic E-state index is -0.372. The average molecular weight is 422 g/mol. The fourth-order valence-electron chi connectivity index (χ4n) is 3.45. The molecule has 0 fully saturated rings. The van der Waals surface area contributed by atoms with E-state index in [0.29, 0.717) is 36.7 Å². The number of carbonyl (C=O) groups is 3. The molecule has 31 heavy (non-hydrogen) atoms. The third-order valence-corrected chi connectivity index (χ3v) is 4.99. The minimum Gasteiger partial charge on any atom is -0.493 e. The van der Waals surface area contributed by atoms with Gasteiger partial charge in [0.1, 0.15) is 31.4 Å². The molecule has 0 aliphatic carbocycles. The predicted octanol–water partition coefficient (Wildman–Crippen LogP) is 2.23. The highest BCUT2D eigenvalue weighted by Crippen LogP contribution is 2.44. The van der Waals surface area contributed by atoms with Crippen LogP contribution >= 0.6 is 0 Å². The molecule has 1 unspecified atom stereocenters. The Morgan fingerprint density at radius 1 is 1.03 bits per heavy atom. The molecule has 2 N–H and O–H groups in total. The third kappa shape index (κ3) is 6.10. The lowest BCUT2D eigenvalue weighted by Gasteiger charge is -2.29. The number of nitrogens with one attached hydrogen (secondary N) is 2. The van der Waals surface area contributed by atoms with Crippen LogP contribution in [-0.4, -0.2) is 39.0 Å². The van der Waals surface area contributed by atoms with Crippen molar-refractivity contribution in [3.05, 3.63) is 53.6 Å². The van der Waals surface area contributed by atoms with Gasteiger partial charge in [-0.15, -0.1) is 0 Å². The molecule has 8 heteroatoms. The summed E-state index contributed by atoms with van der Waals surface area (Å²) in [6, 6.07) is 12.7. The predicted molar refractivity (Wildman–Crippen MR) is 119 cm³/mol. The summed E-state index contributed by atoms with van der Waals surface area (Å²) in [6.45, 7) is 0.517. The number of amides is 2. The van der Waals surface area contributed by atoms with Crippen LogP contribution in [0.25, 0.3) is 0 Å². The molecule has 0 saturated heterocycles. The van der Waals surface area contributed by atoms with Crippen LogP contribution in [0, 0.1) is 0 Å². The number of ether oxygens (including phenoxy) is 2. The van der Waals surface area contributed by atoms with Crippen LogP contribution in [0.5, 0.6) is 17.2 Å². The van der Waals surface area contributed by atoms with Crippen molar-refractivity contribution in [2.24, 2.45) is 0 Å². The maximum atomic E-state index is 12.6. The average Bonchev–Trinajstić information content (AvgIpc) is 2.77. The van der Waals surface area contributed by atoms with Gasteiger partial charge in [-0.05, 0) is 37.5 Å². The van der Waals surface area contributed by atoms with Crippen molar-refractivity contribution in [2.75, 3.05) is 13.1 Å². The highest BCUT2D eigenvalue weighted by atomic mass is 16.5. The quantitative estimate of drug-likeness (QED) is 0.329. The normalized spacial score (nSPS) is 13.9. The van der Waals surface area contributed by atoms with Crippen molar-refractivity contribution >= 4 is 25.9 Å². The van der Waals surface area contributed by atoms with Gasteiger partial charge in [0.05, 0.1) is 12.6 Å². The SMILES string of the molecule is BCNC(=O)CCC(=O)NC1c2ccccc2Oc2cc(OCCCCC=O)ccc21. The fraction of sp³-hybridized carbons (Fsp3) is 0.348. The van der Waals surface area contributed by atoms with Gasteiger partial charge in [-0.3, -0.25) is 9.59 Å². The van der Waals surface area contributed by atoms with E-state index in [2.05, 4.69) is 10.6 Å². The zero-order chi connectivity index (χ0) is 22.1. The lowest BCUT2D eigenvalue weighted by atomic mass is 9.94. The summed E-state index contributed by atoms with van der Waals surface area (Å²) in [7, 11) is 1.84. The zero-order valence-electron chi connectivity index (χ0n) is 17.7. The van der Waals surface area contributed by atoms with Crippen LogP contribution in [0.15, 0.2) is 42.5 Å². The summed E-state index contributed by atoms with van der Waals surface area (Å²) in [4.78, 5) is 34.6. The fourth-order valence-corrected chi connectivity index (χ4v) is 3.45. The van der Waals surface area contributed by atoms with Gasteiger partial charge in [0, 0.05) is 36.5 Å². The van der Waals surface area contributed by atoms with Gasteiger partial charge in [0.2, 0.25) is 11.8 Å². The Kier molecular flexibility index (Phi) is 8.09. The van der Waals surface area contributed by atoms with Gasteiger partial charge >= 0.3 is 0 Å². The molecule has 0 bridgehead atoms. The second kappa shape index (κ2) is 11.2. The number of aldehydes is 1. The molecule has 0 spiro atoms. The summed E-state index contributed by atoms with van der Waals surface area (Å²) < 4.78 is 11.8. The molecular weight excluding hydrogens is 395 g/mol. The van der Waals surface area contributed by atoms with E-state index in [1.165, 1.54) is 0 Å². The lowest BCUT2D eigenvalue weighted by Crippen LogP contribution is -2.32. The maximum Gasteiger partial charge on any atom is 0.221 e. The highest BCUT2D eigenvalue weighted by Gasteiger charge is 2.28. The molecule has 0 aromatic heterocycles. The Morgan fingerprint density at radius 3 is 2.61 bits per heavy atom. The van der Waals surface area contributed by atoms with Crippen LogP contribution in [0.1, 0.15) is 49.3 Å². The van der Waals surface area contributed by atoms with Crippen molar-refractivity contribution in [3.63, 3.8) is 0 Å². The van der Waals surface area contributed by atoms with E-state index in [-0.39, 0.29) is 30.7 Å². The first-order valence-corrected chi connectivity index (χ1v) is 10.7. The summed E-state index contributed by atoms with van der Waals surface area (Å²) in [5, 5.41) is 5.74. The molecule has 3 rings (SSSR count). The molecule has 0 radical (unpaired) electrons. The molecule has 0 saturated carbocycles. The molecule has 2 aromatic rings. The monoisotopic (exact) mass is 422 g/mol. The van der Waals surface area contributed by atoms with Crippen LogP contribution in [0.3, 0.4) is 0 Å². The van der Waals surface area contributed by atoms with E-state index < -0.39 is 0 Å². The molecule has 1 atom stereocenters. The Bertz CT molecular complexity index is 934. The molecule has 7 nitrogen and oxygen atoms in total. The number of fused-ring (bicyclic) bond motifs is 2. The zero-order valence-corrected chi connectivity index (χ0v) is 17.7. The molecule has 162 valence electrons. The van der Waals surface area contributed by atoms with Crippen molar-refractivity contribution in [3.8, 4) is 17.2 Å². The summed E-state index contributed by atoms with van der Waals surface area (Å²) in [5.41, 5.74) is 1.70. The van der Waals surface area contributed by atoms with E-state index in [1.54, 1.807) is 0 Å². The second-order valence-electron chi connectivity index (χ2n) is 7.30. The first-order valence-electron chi connectivity index (χ1n) is 10.7. The van der Waals surface area contributed by atoms with Gasteiger partial charge in [0.25, 0.3) is 0 Å². The first-order chi connectivity index (χ1) is 15.1. The Morgan fingerprint density at radius 2 is 1.81 bits per heavy atom. The Balaban J connectivity index is 1.72. The Hall–Kier alpha value is -3.29. The second-order valence-corrected chi connectivity index (χ2v) is 7.30. The first kappa shape index (κ1) is 22.4. The lowest BCUT2D eigenvalue weighted by molar-refractivity contribution is -0.126. The van der Waals surface area contributed by atoms with E-state index in [4.69, 9.17) is 9.47 Å². The number of unbranched alkanes of at least 4 members (excludes halogenated alkanes) is 2. The largest absolute Gasteiger partial charge is 0.493 e. The summed E-state index contributed by atoms with van der Waals surface area (Å²) in [6.07, 6.45) is 3.84. The topological polar surface area (TPSA) is 93.7 Å². The van der Waals surface area contributed by atoms with Crippen LogP contribution < -0.4 is 20.1 Å². The third-order valence-electron chi connectivity index (χ3n) is 4.99.